The summed E-state index contributed by atoms with van der Waals surface area (Å²) >= 11 is 0. The molecule has 5 rings (SSSR count). The molecular formula is C33H29NO3. The van der Waals surface area contributed by atoms with Crippen LogP contribution in [0.5, 0.6) is 5.75 Å². The Hall–Kier alpha value is -4.28. The molecule has 0 saturated carbocycles. The molecule has 2 heterocycles. The fourth-order valence-electron chi connectivity index (χ4n) is 4.86. The van der Waals surface area contributed by atoms with Crippen molar-refractivity contribution in [2.24, 2.45) is 4.99 Å². The molecule has 0 radical (unpaired) electrons. The lowest BCUT2D eigenvalue weighted by Crippen LogP contribution is -2.31. The van der Waals surface area contributed by atoms with Crippen molar-refractivity contribution < 1.29 is 14.6 Å². The monoisotopic (exact) mass is 487 g/mol. The van der Waals surface area contributed by atoms with Gasteiger partial charge in [0.15, 0.2) is 5.78 Å². The van der Waals surface area contributed by atoms with E-state index in [0.717, 1.165) is 39.1 Å². The zero-order valence-corrected chi connectivity index (χ0v) is 21.1. The van der Waals surface area contributed by atoms with E-state index in [0.29, 0.717) is 35.3 Å². The Labute approximate surface area is 217 Å². The first kappa shape index (κ1) is 24.4. The fourth-order valence-corrected chi connectivity index (χ4v) is 4.86. The van der Waals surface area contributed by atoms with Gasteiger partial charge in [0.1, 0.15) is 11.4 Å². The van der Waals surface area contributed by atoms with Gasteiger partial charge in [-0.05, 0) is 88.2 Å². The minimum atomic E-state index is -1.50. The number of carbonyl (C=O) groups excluding carboxylic acids is 1. The molecule has 4 nitrogen and oxygen atoms in total. The standard InChI is InChI=1S/C33H29NO3/c1-21(2)32(35)18-30-25-8-6-10-28(16-25)37-14-13-24-7-5-9-26(15-24)33(36,31-20-34-19-23(31)4)27-12-11-22(3)29(30)17-27/h5-12,15-20,36H,1,4,13-14H2,2-3H3/b30-18-. The zero-order valence-electron chi connectivity index (χ0n) is 21.1. The second-order valence-electron chi connectivity index (χ2n) is 9.62. The molecule has 2 aliphatic heterocycles. The van der Waals surface area contributed by atoms with E-state index < -0.39 is 5.60 Å². The highest BCUT2D eigenvalue weighted by Gasteiger charge is 2.39. The number of rotatable bonds is 3. The summed E-state index contributed by atoms with van der Waals surface area (Å²) in [7, 11) is 0. The van der Waals surface area contributed by atoms with Gasteiger partial charge in [0.25, 0.3) is 0 Å². The number of aryl methyl sites for hydroxylation is 1. The summed E-state index contributed by atoms with van der Waals surface area (Å²) in [6.07, 6.45) is 5.62. The summed E-state index contributed by atoms with van der Waals surface area (Å²) in [5, 5.41) is 12.5. The third-order valence-corrected chi connectivity index (χ3v) is 6.96. The SMILES string of the molecule is C=C(C)C(=O)/C=C1/c2cccc(c2)OCCc2cccc(c2)C(O)(C2=CN=CC2=C)c2ccc(C)c1c2. The summed E-state index contributed by atoms with van der Waals surface area (Å²) in [5.74, 6) is 0.574. The van der Waals surface area contributed by atoms with Crippen LogP contribution in [0.2, 0.25) is 0 Å². The van der Waals surface area contributed by atoms with Gasteiger partial charge in [-0.3, -0.25) is 9.79 Å². The number of benzene rings is 3. The molecule has 0 spiro atoms. The molecule has 1 N–H and O–H groups in total. The van der Waals surface area contributed by atoms with Gasteiger partial charge < -0.3 is 9.84 Å². The number of hydrogen-bond acceptors (Lipinski definition) is 4. The average Bonchev–Trinajstić information content (AvgIpc) is 3.33. The molecule has 3 aromatic rings. The molecule has 184 valence electrons. The number of ketones is 1. The first-order valence-corrected chi connectivity index (χ1v) is 12.3. The zero-order chi connectivity index (χ0) is 26.2. The molecule has 2 aliphatic rings. The molecular weight excluding hydrogens is 458 g/mol. The van der Waals surface area contributed by atoms with Crippen LogP contribution in [0.25, 0.3) is 5.57 Å². The second kappa shape index (κ2) is 9.64. The third-order valence-electron chi connectivity index (χ3n) is 6.96. The maximum absolute atomic E-state index is 12.9. The lowest BCUT2D eigenvalue weighted by atomic mass is 9.76. The van der Waals surface area contributed by atoms with Crippen molar-refractivity contribution in [3.05, 3.63) is 142 Å². The largest absolute Gasteiger partial charge is 0.493 e. The number of aliphatic imine (C=N–C) groups is 1. The Balaban J connectivity index is 1.83. The molecule has 0 aromatic heterocycles. The topological polar surface area (TPSA) is 58.9 Å². The van der Waals surface area contributed by atoms with Gasteiger partial charge in [-0.25, -0.2) is 0 Å². The molecule has 4 heteroatoms. The number of nitrogens with zero attached hydrogens (tertiary/aromatic N) is 1. The molecule has 1 atom stereocenters. The van der Waals surface area contributed by atoms with Crippen molar-refractivity contribution in [2.75, 3.05) is 6.61 Å². The van der Waals surface area contributed by atoms with Crippen LogP contribution in [-0.2, 0) is 16.8 Å². The van der Waals surface area contributed by atoms with Crippen LogP contribution in [0.3, 0.4) is 0 Å². The number of allylic oxidation sites excluding steroid dienone is 2. The lowest BCUT2D eigenvalue weighted by molar-refractivity contribution is -0.111. The molecule has 0 aliphatic carbocycles. The Morgan fingerprint density at radius 3 is 2.62 bits per heavy atom. The molecule has 6 bridgehead atoms. The molecule has 0 amide bonds. The Kier molecular flexibility index (Phi) is 6.36. The van der Waals surface area contributed by atoms with Crippen molar-refractivity contribution >= 4 is 17.6 Å². The summed E-state index contributed by atoms with van der Waals surface area (Å²) in [4.78, 5) is 17.2. The molecule has 3 aromatic carbocycles. The first-order valence-electron chi connectivity index (χ1n) is 12.3. The number of ether oxygens (including phenoxy) is 1. The second-order valence-corrected chi connectivity index (χ2v) is 9.62. The van der Waals surface area contributed by atoms with Crippen LogP contribution in [0.4, 0.5) is 0 Å². The van der Waals surface area contributed by atoms with Crippen LogP contribution in [-0.4, -0.2) is 23.7 Å². The van der Waals surface area contributed by atoms with Crippen LogP contribution >= 0.6 is 0 Å². The highest BCUT2D eigenvalue weighted by molar-refractivity contribution is 6.09. The van der Waals surface area contributed by atoms with Crippen molar-refractivity contribution in [1.82, 2.24) is 0 Å². The smallest absolute Gasteiger partial charge is 0.181 e. The molecule has 1 unspecified atom stereocenters. The van der Waals surface area contributed by atoms with E-state index in [1.165, 1.54) is 0 Å². The van der Waals surface area contributed by atoms with Gasteiger partial charge in [0.2, 0.25) is 0 Å². The molecule has 0 saturated heterocycles. The molecule has 0 fully saturated rings. The van der Waals surface area contributed by atoms with E-state index in [1.54, 1.807) is 25.4 Å². The van der Waals surface area contributed by atoms with Crippen LogP contribution in [0.15, 0.2) is 114 Å². The Morgan fingerprint density at radius 1 is 1.08 bits per heavy atom. The Morgan fingerprint density at radius 2 is 1.86 bits per heavy atom. The number of hydrogen-bond donors (Lipinski definition) is 1. The maximum atomic E-state index is 12.9. The average molecular weight is 488 g/mol. The van der Waals surface area contributed by atoms with E-state index in [9.17, 15) is 9.90 Å². The van der Waals surface area contributed by atoms with Gasteiger partial charge in [0, 0.05) is 24.4 Å². The number of aliphatic hydroxyl groups is 1. The fraction of sp³-hybridized carbons (Fsp3) is 0.152. The van der Waals surface area contributed by atoms with Gasteiger partial charge in [-0.2, -0.15) is 0 Å². The first-order chi connectivity index (χ1) is 17.8. The van der Waals surface area contributed by atoms with Crippen molar-refractivity contribution in [2.45, 2.75) is 25.9 Å². The van der Waals surface area contributed by atoms with Gasteiger partial charge >= 0.3 is 0 Å². The minimum Gasteiger partial charge on any atom is -0.493 e. The minimum absolute atomic E-state index is 0.157. The quantitative estimate of drug-likeness (QED) is 0.443. The third kappa shape index (κ3) is 4.52. The van der Waals surface area contributed by atoms with Crippen LogP contribution in [0, 0.1) is 6.92 Å². The van der Waals surface area contributed by atoms with E-state index in [-0.39, 0.29) is 5.78 Å². The number of fused-ring (bicyclic) bond motifs is 6. The van der Waals surface area contributed by atoms with Gasteiger partial charge in [-0.1, -0.05) is 61.7 Å². The predicted octanol–water partition coefficient (Wildman–Crippen LogP) is 6.27. The lowest BCUT2D eigenvalue weighted by Gasteiger charge is -2.32. The normalized spacial score (nSPS) is 19.7. The van der Waals surface area contributed by atoms with E-state index in [1.807, 2.05) is 73.7 Å². The van der Waals surface area contributed by atoms with E-state index in [2.05, 4.69) is 18.2 Å². The van der Waals surface area contributed by atoms with Crippen molar-refractivity contribution in [1.29, 1.82) is 0 Å². The summed E-state index contributed by atoms with van der Waals surface area (Å²) in [6.45, 7) is 12.1. The Bertz CT molecular complexity index is 1540. The number of carbonyl (C=O) groups is 1. The van der Waals surface area contributed by atoms with E-state index >= 15 is 0 Å². The van der Waals surface area contributed by atoms with Gasteiger partial charge in [0.05, 0.1) is 6.61 Å². The van der Waals surface area contributed by atoms with Crippen molar-refractivity contribution in [3.8, 4) is 5.75 Å². The highest BCUT2D eigenvalue weighted by atomic mass is 16.5. The predicted molar refractivity (Wildman–Crippen MR) is 149 cm³/mol. The highest BCUT2D eigenvalue weighted by Crippen LogP contribution is 2.43. The van der Waals surface area contributed by atoms with Gasteiger partial charge in [-0.15, -0.1) is 0 Å². The summed E-state index contributed by atoms with van der Waals surface area (Å²) in [5.41, 5.74) is 6.05. The van der Waals surface area contributed by atoms with Crippen LogP contribution in [0.1, 0.15) is 40.3 Å². The summed E-state index contributed by atoms with van der Waals surface area (Å²) in [6, 6.07) is 21.6. The van der Waals surface area contributed by atoms with E-state index in [4.69, 9.17) is 4.74 Å². The van der Waals surface area contributed by atoms with Crippen LogP contribution < -0.4 is 4.74 Å². The molecule has 37 heavy (non-hydrogen) atoms. The maximum Gasteiger partial charge on any atom is 0.181 e. The summed E-state index contributed by atoms with van der Waals surface area (Å²) < 4.78 is 6.11. The van der Waals surface area contributed by atoms with Crippen molar-refractivity contribution in [3.63, 3.8) is 0 Å².